The van der Waals surface area contributed by atoms with Crippen LogP contribution >= 0.6 is 0 Å². The van der Waals surface area contributed by atoms with Crippen LogP contribution in [0.1, 0.15) is 25.8 Å². The quantitative estimate of drug-likeness (QED) is 0.731. The molecule has 1 N–H and O–H groups in total. The molecule has 0 aliphatic carbocycles. The molecule has 0 aromatic heterocycles. The predicted molar refractivity (Wildman–Crippen MR) is 96.5 cm³/mol. The molecule has 0 heterocycles. The predicted octanol–water partition coefficient (Wildman–Crippen LogP) is 4.16. The van der Waals surface area contributed by atoms with Gasteiger partial charge in [0.25, 0.3) is 0 Å². The summed E-state index contributed by atoms with van der Waals surface area (Å²) in [5.74, 6) is -0.211. The lowest BCUT2D eigenvalue weighted by Crippen LogP contribution is -2.26. The molecule has 4 nitrogen and oxygen atoms in total. The van der Waals surface area contributed by atoms with Gasteiger partial charge in [-0.15, -0.1) is 0 Å². The maximum atomic E-state index is 13.6. The lowest BCUT2D eigenvalue weighted by atomic mass is 9.81. The first kappa shape index (κ1) is 18.9. The van der Waals surface area contributed by atoms with Crippen LogP contribution in [-0.2, 0) is 14.9 Å². The molecule has 0 spiro atoms. The molecule has 5 heteroatoms. The van der Waals surface area contributed by atoms with Crippen molar-refractivity contribution < 1.29 is 18.7 Å². The summed E-state index contributed by atoms with van der Waals surface area (Å²) >= 11 is 0. The lowest BCUT2D eigenvalue weighted by molar-refractivity contribution is -0.117. The molecular weight excluding hydrogens is 321 g/mol. The molecule has 0 aliphatic rings. The number of amides is 1. The minimum absolute atomic E-state index is 0.198. The van der Waals surface area contributed by atoms with Gasteiger partial charge >= 0.3 is 0 Å². The summed E-state index contributed by atoms with van der Waals surface area (Å²) in [7, 11) is 1.57. The monoisotopic (exact) mass is 345 g/mol. The van der Waals surface area contributed by atoms with Crippen LogP contribution in [0.15, 0.2) is 48.5 Å². The first-order valence-electron chi connectivity index (χ1n) is 8.19. The van der Waals surface area contributed by atoms with E-state index < -0.39 is 5.82 Å². The highest BCUT2D eigenvalue weighted by molar-refractivity contribution is 5.93. The molecule has 0 fully saturated rings. The summed E-state index contributed by atoms with van der Waals surface area (Å²) in [4.78, 5) is 12.5. The summed E-state index contributed by atoms with van der Waals surface area (Å²) in [6.07, 6.45) is 0.269. The largest absolute Gasteiger partial charge is 0.489 e. The molecule has 0 saturated carbocycles. The van der Waals surface area contributed by atoms with Gasteiger partial charge in [-0.25, -0.2) is 4.39 Å². The Kier molecular flexibility index (Phi) is 6.53. The van der Waals surface area contributed by atoms with E-state index in [0.717, 1.165) is 5.56 Å². The second kappa shape index (κ2) is 8.62. The van der Waals surface area contributed by atoms with Crippen LogP contribution in [0.4, 0.5) is 10.1 Å². The van der Waals surface area contributed by atoms with E-state index in [1.54, 1.807) is 7.11 Å². The molecule has 0 bridgehead atoms. The Morgan fingerprint density at radius 2 is 1.84 bits per heavy atom. The van der Waals surface area contributed by atoms with E-state index in [1.165, 1.54) is 18.2 Å². The molecule has 0 unspecified atom stereocenters. The zero-order valence-electron chi connectivity index (χ0n) is 14.8. The van der Waals surface area contributed by atoms with Gasteiger partial charge in [0.2, 0.25) is 5.91 Å². The van der Waals surface area contributed by atoms with Gasteiger partial charge < -0.3 is 14.8 Å². The number of anilines is 1. The van der Waals surface area contributed by atoms with Crippen molar-refractivity contribution in [1.29, 1.82) is 0 Å². The SMILES string of the molecule is COCCOc1ccc(F)cc1NC(=O)CC(C)(C)c1ccccc1. The number of methoxy groups -OCH3 is 1. The van der Waals surface area contributed by atoms with Crippen molar-refractivity contribution >= 4 is 11.6 Å². The fourth-order valence-electron chi connectivity index (χ4n) is 2.55. The van der Waals surface area contributed by atoms with Gasteiger partial charge in [-0.2, -0.15) is 0 Å². The summed E-state index contributed by atoms with van der Waals surface area (Å²) in [6, 6.07) is 13.9. The molecule has 134 valence electrons. The number of benzene rings is 2. The van der Waals surface area contributed by atoms with Crippen molar-refractivity contribution in [3.63, 3.8) is 0 Å². The van der Waals surface area contributed by atoms with Gasteiger partial charge in [0.15, 0.2) is 0 Å². The van der Waals surface area contributed by atoms with Gasteiger partial charge in [-0.1, -0.05) is 44.2 Å². The highest BCUT2D eigenvalue weighted by Crippen LogP contribution is 2.29. The van der Waals surface area contributed by atoms with Crippen LogP contribution in [0.2, 0.25) is 0 Å². The Morgan fingerprint density at radius 1 is 1.12 bits per heavy atom. The summed E-state index contributed by atoms with van der Waals surface area (Å²) in [5, 5.41) is 2.76. The number of nitrogens with one attached hydrogen (secondary N) is 1. The van der Waals surface area contributed by atoms with Crippen molar-refractivity contribution in [3.05, 3.63) is 59.9 Å². The Balaban J connectivity index is 2.08. The Morgan fingerprint density at radius 3 is 2.52 bits per heavy atom. The lowest BCUT2D eigenvalue weighted by Gasteiger charge is -2.25. The first-order valence-corrected chi connectivity index (χ1v) is 8.19. The molecule has 0 atom stereocenters. The maximum absolute atomic E-state index is 13.6. The second-order valence-electron chi connectivity index (χ2n) is 6.46. The number of carbonyl (C=O) groups is 1. The number of ether oxygens (including phenoxy) is 2. The van der Waals surface area contributed by atoms with Gasteiger partial charge in [0, 0.05) is 19.6 Å². The third-order valence-corrected chi connectivity index (χ3v) is 3.92. The molecule has 1 amide bonds. The molecule has 25 heavy (non-hydrogen) atoms. The second-order valence-corrected chi connectivity index (χ2v) is 6.46. The van der Waals surface area contributed by atoms with Crippen LogP contribution in [0, 0.1) is 5.82 Å². The van der Waals surface area contributed by atoms with Crippen LogP contribution in [0.3, 0.4) is 0 Å². The van der Waals surface area contributed by atoms with Crippen LogP contribution in [0.25, 0.3) is 0 Å². The fourth-order valence-corrected chi connectivity index (χ4v) is 2.55. The van der Waals surface area contributed by atoms with Gasteiger partial charge in [-0.3, -0.25) is 4.79 Å². The summed E-state index contributed by atoms with van der Waals surface area (Å²) < 4.78 is 24.0. The average Bonchev–Trinajstić information content (AvgIpc) is 2.57. The van der Waals surface area contributed by atoms with Crippen molar-refractivity contribution in [2.24, 2.45) is 0 Å². The Hall–Kier alpha value is -2.40. The molecule has 2 rings (SSSR count). The highest BCUT2D eigenvalue weighted by atomic mass is 19.1. The van der Waals surface area contributed by atoms with Crippen molar-refractivity contribution in [2.45, 2.75) is 25.7 Å². The molecule has 2 aromatic rings. The summed E-state index contributed by atoms with van der Waals surface area (Å²) in [5.41, 5.74) is 1.06. The minimum Gasteiger partial charge on any atom is -0.489 e. The smallest absolute Gasteiger partial charge is 0.225 e. The van der Waals surface area contributed by atoms with Crippen LogP contribution in [0.5, 0.6) is 5.75 Å². The van der Waals surface area contributed by atoms with Crippen molar-refractivity contribution in [1.82, 2.24) is 0 Å². The Bertz CT molecular complexity index is 701. The van der Waals surface area contributed by atoms with E-state index in [4.69, 9.17) is 9.47 Å². The molecular formula is C20H24FNO3. The van der Waals surface area contributed by atoms with Crippen molar-refractivity contribution in [2.75, 3.05) is 25.6 Å². The minimum atomic E-state index is -0.434. The molecule has 0 saturated heterocycles. The van der Waals surface area contributed by atoms with Gasteiger partial charge in [-0.05, 0) is 23.1 Å². The average molecular weight is 345 g/mol. The number of halogens is 1. The highest BCUT2D eigenvalue weighted by Gasteiger charge is 2.24. The van der Waals surface area contributed by atoms with Crippen LogP contribution in [-0.4, -0.2) is 26.2 Å². The van der Waals surface area contributed by atoms with Crippen molar-refractivity contribution in [3.8, 4) is 5.75 Å². The first-order chi connectivity index (χ1) is 11.9. The van der Waals surface area contributed by atoms with Crippen LogP contribution < -0.4 is 10.1 Å². The van der Waals surface area contributed by atoms with Gasteiger partial charge in [0.1, 0.15) is 18.2 Å². The third-order valence-electron chi connectivity index (χ3n) is 3.92. The van der Waals surface area contributed by atoms with E-state index in [0.29, 0.717) is 24.7 Å². The summed E-state index contributed by atoms with van der Waals surface area (Å²) in [6.45, 7) is 4.74. The normalized spacial score (nSPS) is 11.2. The number of carbonyl (C=O) groups excluding carboxylic acids is 1. The molecule has 0 aliphatic heterocycles. The standard InChI is InChI=1S/C20H24FNO3/c1-20(2,15-7-5-4-6-8-15)14-19(23)22-17-13-16(21)9-10-18(17)25-12-11-24-3/h4-10,13H,11-12,14H2,1-3H3,(H,22,23). The van der Waals surface area contributed by atoms with E-state index in [9.17, 15) is 9.18 Å². The number of hydrogen-bond donors (Lipinski definition) is 1. The third kappa shape index (κ3) is 5.57. The fraction of sp³-hybridized carbons (Fsp3) is 0.350. The maximum Gasteiger partial charge on any atom is 0.225 e. The van der Waals surface area contributed by atoms with E-state index >= 15 is 0 Å². The van der Waals surface area contributed by atoms with E-state index in [-0.39, 0.29) is 17.7 Å². The number of rotatable bonds is 8. The van der Waals surface area contributed by atoms with E-state index in [2.05, 4.69) is 5.32 Å². The topological polar surface area (TPSA) is 47.6 Å². The molecule has 0 radical (unpaired) electrons. The Labute approximate surface area is 148 Å². The zero-order chi connectivity index (χ0) is 18.3. The number of hydrogen-bond acceptors (Lipinski definition) is 3. The van der Waals surface area contributed by atoms with Gasteiger partial charge in [0.05, 0.1) is 12.3 Å². The molecule has 2 aromatic carbocycles. The van der Waals surface area contributed by atoms with E-state index in [1.807, 2.05) is 44.2 Å². The zero-order valence-corrected chi connectivity index (χ0v) is 14.8.